The van der Waals surface area contributed by atoms with Crippen molar-refractivity contribution in [3.8, 4) is 11.5 Å². The number of benzene rings is 2. The van der Waals surface area contributed by atoms with Crippen LogP contribution in [0.5, 0.6) is 11.5 Å². The van der Waals surface area contributed by atoms with E-state index in [1.54, 1.807) is 25.1 Å². The smallest absolute Gasteiger partial charge is 0.416 e. The highest BCUT2D eigenvalue weighted by atomic mass is 19.4. The predicted molar refractivity (Wildman–Crippen MR) is 90.2 cm³/mol. The summed E-state index contributed by atoms with van der Waals surface area (Å²) in [7, 11) is 0. The normalized spacial score (nSPS) is 11.1. The van der Waals surface area contributed by atoms with Crippen LogP contribution in [0, 0.1) is 10.1 Å². The molecule has 0 aromatic heterocycles. The minimum absolute atomic E-state index is 0.0605. The van der Waals surface area contributed by atoms with Crippen LogP contribution in [0.3, 0.4) is 0 Å². The Labute approximate surface area is 147 Å². The molecule has 0 aliphatic heterocycles. The number of nitro groups is 1. The molecule has 0 atom stereocenters. The zero-order valence-electron chi connectivity index (χ0n) is 14.1. The van der Waals surface area contributed by atoms with Gasteiger partial charge in [-0.3, -0.25) is 10.1 Å². The second-order valence-corrected chi connectivity index (χ2v) is 5.14. The summed E-state index contributed by atoms with van der Waals surface area (Å²) in [6.45, 7) is 4.41. The first kappa shape index (κ1) is 19.4. The number of nitrogens with zero attached hydrogens (tertiary/aromatic N) is 1. The number of rotatable bonds is 7. The van der Waals surface area contributed by atoms with Gasteiger partial charge in [-0.1, -0.05) is 0 Å². The maximum atomic E-state index is 12.8. The molecular weight excluding hydrogens is 353 g/mol. The highest BCUT2D eigenvalue weighted by molar-refractivity contribution is 5.71. The highest BCUT2D eigenvalue weighted by Crippen LogP contribution is 2.37. The minimum Gasteiger partial charge on any atom is -0.490 e. The first-order valence-electron chi connectivity index (χ1n) is 7.78. The Kier molecular flexibility index (Phi) is 5.91. The second kappa shape index (κ2) is 7.94. The molecule has 0 fully saturated rings. The summed E-state index contributed by atoms with van der Waals surface area (Å²) in [5.41, 5.74) is -1.41. The van der Waals surface area contributed by atoms with Gasteiger partial charge in [-0.25, -0.2) is 0 Å². The van der Waals surface area contributed by atoms with Gasteiger partial charge in [0.05, 0.1) is 23.7 Å². The van der Waals surface area contributed by atoms with Crippen molar-refractivity contribution in [3.05, 3.63) is 52.1 Å². The van der Waals surface area contributed by atoms with Gasteiger partial charge in [0.1, 0.15) is 5.69 Å². The summed E-state index contributed by atoms with van der Waals surface area (Å²) in [5, 5.41) is 13.9. The van der Waals surface area contributed by atoms with Crippen LogP contribution in [-0.2, 0) is 6.18 Å². The third kappa shape index (κ3) is 4.56. The third-order valence-electron chi connectivity index (χ3n) is 3.34. The van der Waals surface area contributed by atoms with Crippen LogP contribution in [0.4, 0.5) is 30.2 Å². The van der Waals surface area contributed by atoms with E-state index >= 15 is 0 Å². The Morgan fingerprint density at radius 1 is 1.04 bits per heavy atom. The fourth-order valence-electron chi connectivity index (χ4n) is 2.25. The van der Waals surface area contributed by atoms with Crippen LogP contribution >= 0.6 is 0 Å². The van der Waals surface area contributed by atoms with Crippen molar-refractivity contribution in [2.45, 2.75) is 20.0 Å². The van der Waals surface area contributed by atoms with Crippen LogP contribution in [0.25, 0.3) is 0 Å². The average Bonchev–Trinajstić information content (AvgIpc) is 2.56. The number of nitrogens with one attached hydrogen (secondary N) is 1. The summed E-state index contributed by atoms with van der Waals surface area (Å²) in [5.74, 6) is 0.927. The number of ether oxygens (including phenoxy) is 2. The summed E-state index contributed by atoms with van der Waals surface area (Å²) in [6.07, 6.45) is -4.66. The first-order valence-corrected chi connectivity index (χ1v) is 7.78. The largest absolute Gasteiger partial charge is 0.490 e. The van der Waals surface area contributed by atoms with E-state index in [0.29, 0.717) is 36.5 Å². The van der Waals surface area contributed by atoms with Crippen LogP contribution in [0.2, 0.25) is 0 Å². The summed E-state index contributed by atoms with van der Waals surface area (Å²) in [4.78, 5) is 10.3. The Morgan fingerprint density at radius 3 is 2.27 bits per heavy atom. The predicted octanol–water partition coefficient (Wildman–Crippen LogP) is 5.15. The molecule has 6 nitrogen and oxygen atoms in total. The van der Waals surface area contributed by atoms with E-state index in [2.05, 4.69) is 5.32 Å². The van der Waals surface area contributed by atoms with E-state index < -0.39 is 22.4 Å². The highest BCUT2D eigenvalue weighted by Gasteiger charge is 2.33. The maximum absolute atomic E-state index is 12.8. The molecule has 0 unspecified atom stereocenters. The van der Waals surface area contributed by atoms with Gasteiger partial charge in [-0.2, -0.15) is 13.2 Å². The number of halogens is 3. The number of anilines is 2. The van der Waals surface area contributed by atoms with E-state index in [0.717, 1.165) is 12.1 Å². The average molecular weight is 370 g/mol. The standard InChI is InChI=1S/C17H17F3N2O4/c1-3-25-15-8-6-12(10-16(15)26-4-2)21-13-7-5-11(17(18,19)20)9-14(13)22(23)24/h5-10,21H,3-4H2,1-2H3. The monoisotopic (exact) mass is 370 g/mol. The molecule has 0 amide bonds. The Hall–Kier alpha value is -2.97. The zero-order valence-corrected chi connectivity index (χ0v) is 14.1. The van der Waals surface area contributed by atoms with Crippen LogP contribution in [0.1, 0.15) is 19.4 Å². The lowest BCUT2D eigenvalue weighted by molar-refractivity contribution is -0.384. The molecule has 26 heavy (non-hydrogen) atoms. The lowest BCUT2D eigenvalue weighted by Gasteiger charge is -2.14. The third-order valence-corrected chi connectivity index (χ3v) is 3.34. The van der Waals surface area contributed by atoms with Crippen LogP contribution in [0.15, 0.2) is 36.4 Å². The topological polar surface area (TPSA) is 73.6 Å². The van der Waals surface area contributed by atoms with Crippen LogP contribution < -0.4 is 14.8 Å². The second-order valence-electron chi connectivity index (χ2n) is 5.14. The quantitative estimate of drug-likeness (QED) is 0.539. The van der Waals surface area contributed by atoms with Gasteiger partial charge < -0.3 is 14.8 Å². The Balaban J connectivity index is 2.38. The lowest BCUT2D eigenvalue weighted by Crippen LogP contribution is -2.07. The Morgan fingerprint density at radius 2 is 1.69 bits per heavy atom. The van der Waals surface area contributed by atoms with E-state index in [1.807, 2.05) is 6.92 Å². The molecule has 9 heteroatoms. The van der Waals surface area contributed by atoms with Crippen molar-refractivity contribution in [1.82, 2.24) is 0 Å². The van der Waals surface area contributed by atoms with Crippen molar-refractivity contribution in [2.75, 3.05) is 18.5 Å². The molecule has 0 bridgehead atoms. The van der Waals surface area contributed by atoms with Crippen molar-refractivity contribution in [1.29, 1.82) is 0 Å². The molecule has 2 rings (SSSR count). The van der Waals surface area contributed by atoms with Gasteiger partial charge in [0.15, 0.2) is 11.5 Å². The molecule has 2 aromatic rings. The molecule has 0 aliphatic rings. The number of hydrogen-bond donors (Lipinski definition) is 1. The van der Waals surface area contributed by atoms with Gasteiger partial charge in [-0.05, 0) is 38.1 Å². The van der Waals surface area contributed by atoms with Crippen molar-refractivity contribution < 1.29 is 27.6 Å². The van der Waals surface area contributed by atoms with E-state index in [4.69, 9.17) is 9.47 Å². The van der Waals surface area contributed by atoms with E-state index in [1.165, 1.54) is 0 Å². The fraction of sp³-hybridized carbons (Fsp3) is 0.294. The number of nitro benzene ring substituents is 1. The SMILES string of the molecule is CCOc1ccc(Nc2ccc(C(F)(F)F)cc2[N+](=O)[O-])cc1OCC. The first-order chi connectivity index (χ1) is 12.3. The molecule has 0 aliphatic carbocycles. The summed E-state index contributed by atoms with van der Waals surface area (Å²) in [6, 6.07) is 7.09. The molecule has 2 aromatic carbocycles. The summed E-state index contributed by atoms with van der Waals surface area (Å²) >= 11 is 0. The molecule has 0 radical (unpaired) electrons. The minimum atomic E-state index is -4.66. The molecule has 0 spiro atoms. The Bertz CT molecular complexity index is 794. The van der Waals surface area contributed by atoms with Crippen molar-refractivity contribution >= 4 is 17.1 Å². The molecule has 0 saturated heterocycles. The molecule has 0 heterocycles. The molecular formula is C17H17F3N2O4. The summed E-state index contributed by atoms with van der Waals surface area (Å²) < 4.78 is 49.2. The van der Waals surface area contributed by atoms with Gasteiger partial charge in [0, 0.05) is 17.8 Å². The fourth-order valence-corrected chi connectivity index (χ4v) is 2.25. The van der Waals surface area contributed by atoms with Crippen LogP contribution in [-0.4, -0.2) is 18.1 Å². The van der Waals surface area contributed by atoms with Crippen molar-refractivity contribution in [2.24, 2.45) is 0 Å². The number of hydrogen-bond acceptors (Lipinski definition) is 5. The maximum Gasteiger partial charge on any atom is 0.416 e. The zero-order chi connectivity index (χ0) is 19.3. The van der Waals surface area contributed by atoms with Gasteiger partial charge in [-0.15, -0.1) is 0 Å². The van der Waals surface area contributed by atoms with Gasteiger partial charge >= 0.3 is 6.18 Å². The number of alkyl halides is 3. The molecule has 140 valence electrons. The molecule has 0 saturated carbocycles. The van der Waals surface area contributed by atoms with E-state index in [-0.39, 0.29) is 5.69 Å². The van der Waals surface area contributed by atoms with Gasteiger partial charge in [0.25, 0.3) is 5.69 Å². The van der Waals surface area contributed by atoms with Crippen molar-refractivity contribution in [3.63, 3.8) is 0 Å². The van der Waals surface area contributed by atoms with Gasteiger partial charge in [0.2, 0.25) is 0 Å². The lowest BCUT2D eigenvalue weighted by atomic mass is 10.1. The van der Waals surface area contributed by atoms with E-state index in [9.17, 15) is 23.3 Å². The molecule has 1 N–H and O–H groups in total.